The molecule has 0 spiro atoms. The van der Waals surface area contributed by atoms with Crippen molar-refractivity contribution in [3.05, 3.63) is 68.4 Å². The van der Waals surface area contributed by atoms with Gasteiger partial charge in [0, 0.05) is 33.2 Å². The summed E-state index contributed by atoms with van der Waals surface area (Å²) >= 11 is 18.5. The lowest BCUT2D eigenvalue weighted by molar-refractivity contribution is -0.141. The Bertz CT molecular complexity index is 975. The van der Waals surface area contributed by atoms with Crippen LogP contribution in [-0.4, -0.2) is 28.8 Å². The Kier molecular flexibility index (Phi) is 9.42. The Morgan fingerprint density at radius 2 is 1.82 bits per heavy atom. The van der Waals surface area contributed by atoms with Crippen LogP contribution in [0.25, 0.3) is 0 Å². The molecule has 1 saturated carbocycles. The molecule has 1 fully saturated rings. The molecule has 2 aromatic rings. The van der Waals surface area contributed by atoms with E-state index in [2.05, 4.69) is 5.32 Å². The molecule has 2 amide bonds. The average Bonchev–Trinajstić information content (AvgIpc) is 2.78. The summed E-state index contributed by atoms with van der Waals surface area (Å²) in [5.74, 6) is -1.17. The fraction of sp³-hybridized carbons (Fsp3) is 0.440. The van der Waals surface area contributed by atoms with E-state index in [9.17, 15) is 14.0 Å². The Balaban J connectivity index is 1.88. The molecule has 1 N–H and O–H groups in total. The quantitative estimate of drug-likeness (QED) is 0.433. The molecular weight excluding hydrogens is 486 g/mol. The molecule has 1 atom stereocenters. The summed E-state index contributed by atoms with van der Waals surface area (Å²) in [7, 11) is 0. The van der Waals surface area contributed by atoms with E-state index < -0.39 is 17.8 Å². The first-order valence-corrected chi connectivity index (χ1v) is 12.4. The third kappa shape index (κ3) is 6.84. The van der Waals surface area contributed by atoms with Gasteiger partial charge in [-0.2, -0.15) is 0 Å². The van der Waals surface area contributed by atoms with Crippen LogP contribution in [0.1, 0.15) is 56.6 Å². The maximum Gasteiger partial charge on any atom is 0.243 e. The fourth-order valence-electron chi connectivity index (χ4n) is 4.25. The first-order valence-electron chi connectivity index (χ1n) is 11.3. The van der Waals surface area contributed by atoms with E-state index in [0.717, 1.165) is 25.7 Å². The van der Waals surface area contributed by atoms with E-state index in [0.29, 0.717) is 22.0 Å². The van der Waals surface area contributed by atoms with E-state index in [-0.39, 0.29) is 35.5 Å². The monoisotopic (exact) mass is 512 g/mol. The SMILES string of the molecule is CCC(C(=O)NC1CCCCC1)N(Cc1ccc(Cl)cc1Cl)C(=O)Cc1c(F)cccc1Cl. The number of carbonyl (C=O) groups is 2. The van der Waals surface area contributed by atoms with Gasteiger partial charge in [0.15, 0.2) is 0 Å². The van der Waals surface area contributed by atoms with E-state index in [4.69, 9.17) is 34.8 Å². The van der Waals surface area contributed by atoms with Gasteiger partial charge in [-0.15, -0.1) is 0 Å². The molecule has 0 bridgehead atoms. The summed E-state index contributed by atoms with van der Waals surface area (Å²) in [5.41, 5.74) is 0.761. The first-order chi connectivity index (χ1) is 15.8. The van der Waals surface area contributed by atoms with Crippen LogP contribution in [0, 0.1) is 5.82 Å². The number of hydrogen-bond donors (Lipinski definition) is 1. The minimum atomic E-state index is -0.725. The summed E-state index contributed by atoms with van der Waals surface area (Å²) in [6.07, 6.45) is 5.35. The standard InChI is InChI=1S/C25H28Cl3FN2O2/c1-2-23(25(33)30-18-7-4-3-5-8-18)31(15-16-11-12-17(26)13-21(16)28)24(32)14-19-20(27)9-6-10-22(19)29/h6,9-13,18,23H,2-5,7-8,14-15H2,1H3,(H,30,33). The average molecular weight is 514 g/mol. The maximum atomic E-state index is 14.4. The summed E-state index contributed by atoms with van der Waals surface area (Å²) < 4.78 is 14.4. The highest BCUT2D eigenvalue weighted by atomic mass is 35.5. The van der Waals surface area contributed by atoms with Crippen LogP contribution in [0.15, 0.2) is 36.4 Å². The van der Waals surface area contributed by atoms with Crippen LogP contribution in [0.4, 0.5) is 4.39 Å². The molecule has 8 heteroatoms. The van der Waals surface area contributed by atoms with E-state index >= 15 is 0 Å². The zero-order valence-electron chi connectivity index (χ0n) is 18.6. The molecule has 178 valence electrons. The predicted molar refractivity (Wildman–Crippen MR) is 131 cm³/mol. The lowest BCUT2D eigenvalue weighted by atomic mass is 9.95. The van der Waals surface area contributed by atoms with Crippen LogP contribution in [0.3, 0.4) is 0 Å². The Morgan fingerprint density at radius 3 is 2.45 bits per heavy atom. The molecule has 4 nitrogen and oxygen atoms in total. The van der Waals surface area contributed by atoms with Crippen molar-refractivity contribution in [2.24, 2.45) is 0 Å². The maximum absolute atomic E-state index is 14.4. The molecule has 0 saturated heterocycles. The molecule has 1 aliphatic rings. The second kappa shape index (κ2) is 12.0. The van der Waals surface area contributed by atoms with Crippen LogP contribution in [0.2, 0.25) is 15.1 Å². The number of halogens is 4. The predicted octanol–water partition coefficient (Wildman–Crippen LogP) is 6.58. The second-order valence-corrected chi connectivity index (χ2v) is 9.65. The molecule has 0 heterocycles. The molecule has 33 heavy (non-hydrogen) atoms. The van der Waals surface area contributed by atoms with Crippen LogP contribution in [0.5, 0.6) is 0 Å². The van der Waals surface area contributed by atoms with Gasteiger partial charge in [0.25, 0.3) is 0 Å². The number of nitrogens with one attached hydrogen (secondary N) is 1. The summed E-state index contributed by atoms with van der Waals surface area (Å²) in [4.78, 5) is 28.2. The highest BCUT2D eigenvalue weighted by Gasteiger charge is 2.31. The van der Waals surface area contributed by atoms with Gasteiger partial charge < -0.3 is 10.2 Å². The number of nitrogens with zero attached hydrogens (tertiary/aromatic N) is 1. The van der Waals surface area contributed by atoms with Crippen molar-refractivity contribution in [1.82, 2.24) is 10.2 Å². The van der Waals surface area contributed by atoms with Gasteiger partial charge in [0.05, 0.1) is 6.42 Å². The zero-order chi connectivity index (χ0) is 24.0. The lowest BCUT2D eigenvalue weighted by Crippen LogP contribution is -2.52. The first kappa shape index (κ1) is 25.8. The van der Waals surface area contributed by atoms with Crippen molar-refractivity contribution in [1.29, 1.82) is 0 Å². The number of rotatable bonds is 8. The van der Waals surface area contributed by atoms with Crippen molar-refractivity contribution in [2.45, 2.75) is 70.5 Å². The summed E-state index contributed by atoms with van der Waals surface area (Å²) in [6.45, 7) is 1.95. The zero-order valence-corrected chi connectivity index (χ0v) is 20.8. The fourth-order valence-corrected chi connectivity index (χ4v) is 4.95. The molecule has 0 aromatic heterocycles. The summed E-state index contributed by atoms with van der Waals surface area (Å²) in [6, 6.07) is 8.69. The molecule has 1 unspecified atom stereocenters. The third-order valence-corrected chi connectivity index (χ3v) is 7.02. The Morgan fingerprint density at radius 1 is 1.09 bits per heavy atom. The van der Waals surface area contributed by atoms with Crippen LogP contribution < -0.4 is 5.32 Å². The van der Waals surface area contributed by atoms with Crippen molar-refractivity contribution in [3.63, 3.8) is 0 Å². The number of amides is 2. The molecule has 0 aliphatic heterocycles. The van der Waals surface area contributed by atoms with E-state index in [1.54, 1.807) is 24.3 Å². The van der Waals surface area contributed by atoms with Crippen LogP contribution in [-0.2, 0) is 22.6 Å². The van der Waals surface area contributed by atoms with Gasteiger partial charge in [-0.1, -0.05) is 73.1 Å². The topological polar surface area (TPSA) is 49.4 Å². The van der Waals surface area contributed by atoms with Gasteiger partial charge in [-0.25, -0.2) is 4.39 Å². The highest BCUT2D eigenvalue weighted by molar-refractivity contribution is 6.35. The van der Waals surface area contributed by atoms with Crippen molar-refractivity contribution < 1.29 is 14.0 Å². The van der Waals surface area contributed by atoms with Crippen molar-refractivity contribution in [3.8, 4) is 0 Å². The Labute approximate surface area is 209 Å². The number of carbonyl (C=O) groups excluding carboxylic acids is 2. The molecule has 2 aromatic carbocycles. The second-order valence-electron chi connectivity index (χ2n) is 8.40. The van der Waals surface area contributed by atoms with Gasteiger partial charge in [-0.05, 0) is 49.1 Å². The lowest BCUT2D eigenvalue weighted by Gasteiger charge is -2.33. The largest absolute Gasteiger partial charge is 0.352 e. The van der Waals surface area contributed by atoms with Gasteiger partial charge in [0.1, 0.15) is 11.9 Å². The molecular formula is C25H28Cl3FN2O2. The Hall–Kier alpha value is -1.82. The smallest absolute Gasteiger partial charge is 0.243 e. The summed E-state index contributed by atoms with van der Waals surface area (Å²) in [5, 5.41) is 4.16. The normalized spacial score (nSPS) is 15.2. The van der Waals surface area contributed by atoms with E-state index in [1.165, 1.54) is 23.5 Å². The highest BCUT2D eigenvalue weighted by Crippen LogP contribution is 2.26. The van der Waals surface area contributed by atoms with Crippen LogP contribution >= 0.6 is 34.8 Å². The number of hydrogen-bond acceptors (Lipinski definition) is 2. The van der Waals surface area contributed by atoms with Crippen molar-refractivity contribution in [2.75, 3.05) is 0 Å². The molecule has 0 radical (unpaired) electrons. The number of benzene rings is 2. The third-order valence-electron chi connectivity index (χ3n) is 6.08. The minimum absolute atomic E-state index is 0.0947. The van der Waals surface area contributed by atoms with Gasteiger partial charge in [-0.3, -0.25) is 9.59 Å². The van der Waals surface area contributed by atoms with Gasteiger partial charge in [0.2, 0.25) is 11.8 Å². The van der Waals surface area contributed by atoms with Crippen molar-refractivity contribution >= 4 is 46.6 Å². The minimum Gasteiger partial charge on any atom is -0.352 e. The molecule has 3 rings (SSSR count). The van der Waals surface area contributed by atoms with Gasteiger partial charge >= 0.3 is 0 Å². The molecule has 1 aliphatic carbocycles. The van der Waals surface area contributed by atoms with E-state index in [1.807, 2.05) is 6.92 Å².